The lowest BCUT2D eigenvalue weighted by molar-refractivity contribution is -0.130. The zero-order valence-electron chi connectivity index (χ0n) is 11.3. The number of fused-ring (bicyclic) bond motifs is 1. The van der Waals surface area contributed by atoms with Gasteiger partial charge in [0.05, 0.1) is 5.69 Å². The number of hydrogen-bond acceptors (Lipinski definition) is 2. The molecule has 0 fully saturated rings. The van der Waals surface area contributed by atoms with Crippen LogP contribution in [0.25, 0.3) is 0 Å². The minimum absolute atomic E-state index is 0.423. The van der Waals surface area contributed by atoms with Crippen LogP contribution in [0.5, 0.6) is 0 Å². The molecule has 0 aromatic heterocycles. The standard InChI is InChI=1S/C17H12BrNO2/c1-19-15-5-3-2-4-14(15)17(21,16(19)20)11-10-12-6-8-13(18)9-7-12/h2-9,21H,1H3. The van der Waals surface area contributed by atoms with Gasteiger partial charge < -0.3 is 10.0 Å². The van der Waals surface area contributed by atoms with Gasteiger partial charge in [0, 0.05) is 22.6 Å². The van der Waals surface area contributed by atoms with Crippen LogP contribution >= 0.6 is 15.9 Å². The van der Waals surface area contributed by atoms with E-state index in [4.69, 9.17) is 0 Å². The van der Waals surface area contributed by atoms with Crippen molar-refractivity contribution in [3.8, 4) is 11.8 Å². The van der Waals surface area contributed by atoms with Gasteiger partial charge in [-0.3, -0.25) is 4.79 Å². The first-order valence-electron chi connectivity index (χ1n) is 6.41. The molecule has 3 nitrogen and oxygen atoms in total. The number of halogens is 1. The number of rotatable bonds is 0. The fourth-order valence-electron chi connectivity index (χ4n) is 2.36. The summed E-state index contributed by atoms with van der Waals surface area (Å²) in [4.78, 5) is 13.8. The van der Waals surface area contributed by atoms with Gasteiger partial charge in [-0.1, -0.05) is 40.0 Å². The van der Waals surface area contributed by atoms with Gasteiger partial charge in [0.25, 0.3) is 5.91 Å². The first kappa shape index (κ1) is 13.9. The summed E-state index contributed by atoms with van der Waals surface area (Å²) in [5, 5.41) is 10.7. The van der Waals surface area contributed by atoms with Crippen molar-refractivity contribution in [2.75, 3.05) is 11.9 Å². The Morgan fingerprint density at radius 3 is 2.52 bits per heavy atom. The molecule has 0 bridgehead atoms. The maximum atomic E-state index is 12.3. The van der Waals surface area contributed by atoms with Crippen LogP contribution in [0.1, 0.15) is 11.1 Å². The highest BCUT2D eigenvalue weighted by Gasteiger charge is 2.47. The summed E-state index contributed by atoms with van der Waals surface area (Å²) in [6.07, 6.45) is 0. The maximum Gasteiger partial charge on any atom is 0.276 e. The molecule has 1 aliphatic heterocycles. The van der Waals surface area contributed by atoms with Crippen molar-refractivity contribution < 1.29 is 9.90 Å². The molecule has 3 rings (SSSR count). The lowest BCUT2D eigenvalue weighted by atomic mass is 9.96. The first-order chi connectivity index (χ1) is 10.0. The van der Waals surface area contributed by atoms with Crippen molar-refractivity contribution in [2.45, 2.75) is 5.60 Å². The SMILES string of the molecule is CN1C(=O)C(O)(C#Cc2ccc(Br)cc2)c2ccccc21. The number of benzene rings is 2. The average Bonchev–Trinajstić information content (AvgIpc) is 2.70. The minimum Gasteiger partial charge on any atom is -0.366 e. The molecule has 1 amide bonds. The van der Waals surface area contributed by atoms with E-state index in [0.717, 1.165) is 10.0 Å². The number of para-hydroxylation sites is 1. The summed E-state index contributed by atoms with van der Waals surface area (Å²) in [7, 11) is 1.64. The Hall–Kier alpha value is -2.09. The smallest absolute Gasteiger partial charge is 0.276 e. The molecule has 0 saturated carbocycles. The fourth-order valence-corrected chi connectivity index (χ4v) is 2.62. The molecule has 1 heterocycles. The molecule has 2 aromatic carbocycles. The van der Waals surface area contributed by atoms with Crippen LogP contribution < -0.4 is 4.90 Å². The van der Waals surface area contributed by atoms with Crippen molar-refractivity contribution in [3.63, 3.8) is 0 Å². The van der Waals surface area contributed by atoms with E-state index < -0.39 is 11.5 Å². The zero-order chi connectivity index (χ0) is 15.0. The molecule has 1 N–H and O–H groups in total. The molecule has 4 heteroatoms. The Kier molecular flexibility index (Phi) is 3.32. The number of hydrogen-bond donors (Lipinski definition) is 1. The van der Waals surface area contributed by atoms with Gasteiger partial charge >= 0.3 is 0 Å². The van der Waals surface area contributed by atoms with E-state index in [0.29, 0.717) is 11.3 Å². The second-order valence-corrected chi connectivity index (χ2v) is 5.76. The molecular formula is C17H12BrNO2. The van der Waals surface area contributed by atoms with Gasteiger partial charge in [-0.25, -0.2) is 0 Å². The van der Waals surface area contributed by atoms with E-state index in [1.54, 1.807) is 25.2 Å². The summed E-state index contributed by atoms with van der Waals surface area (Å²) < 4.78 is 0.953. The number of amides is 1. The Balaban J connectivity index is 2.06. The summed E-state index contributed by atoms with van der Waals surface area (Å²) in [5.41, 5.74) is 0.182. The van der Waals surface area contributed by atoms with Gasteiger partial charge in [-0.05, 0) is 36.3 Å². The second-order valence-electron chi connectivity index (χ2n) is 4.85. The average molecular weight is 342 g/mol. The molecule has 0 spiro atoms. The van der Waals surface area contributed by atoms with E-state index in [1.165, 1.54) is 4.90 Å². The van der Waals surface area contributed by atoms with E-state index in [-0.39, 0.29) is 0 Å². The summed E-state index contributed by atoms with van der Waals surface area (Å²) in [6.45, 7) is 0. The van der Waals surface area contributed by atoms with Crippen LogP contribution in [-0.2, 0) is 10.4 Å². The molecule has 1 aliphatic rings. The Labute approximate surface area is 131 Å². The van der Waals surface area contributed by atoms with E-state index in [9.17, 15) is 9.90 Å². The minimum atomic E-state index is -1.78. The lowest BCUT2D eigenvalue weighted by Crippen LogP contribution is -2.37. The number of nitrogens with zero attached hydrogens (tertiary/aromatic N) is 1. The maximum absolute atomic E-state index is 12.3. The van der Waals surface area contributed by atoms with Gasteiger partial charge in [-0.15, -0.1) is 0 Å². The number of anilines is 1. The monoisotopic (exact) mass is 341 g/mol. The number of likely N-dealkylation sites (N-methyl/N-ethyl adjacent to an activating group) is 1. The summed E-state index contributed by atoms with van der Waals surface area (Å²) in [6, 6.07) is 14.5. The number of aliphatic hydroxyl groups is 1. The molecule has 0 radical (unpaired) electrons. The molecule has 1 atom stereocenters. The third-order valence-electron chi connectivity index (χ3n) is 3.50. The van der Waals surface area contributed by atoms with Crippen LogP contribution in [0.15, 0.2) is 53.0 Å². The van der Waals surface area contributed by atoms with Crippen LogP contribution in [0.3, 0.4) is 0 Å². The second kappa shape index (κ2) is 5.03. The zero-order valence-corrected chi connectivity index (χ0v) is 12.9. The van der Waals surface area contributed by atoms with Crippen LogP contribution in [0, 0.1) is 11.8 Å². The molecule has 1 unspecified atom stereocenters. The highest BCUT2D eigenvalue weighted by atomic mass is 79.9. The van der Waals surface area contributed by atoms with Gasteiger partial charge in [0.15, 0.2) is 0 Å². The largest absolute Gasteiger partial charge is 0.366 e. The summed E-state index contributed by atoms with van der Waals surface area (Å²) in [5.74, 6) is 5.18. The Morgan fingerprint density at radius 2 is 1.81 bits per heavy atom. The predicted octanol–water partition coefficient (Wildman–Crippen LogP) is 2.66. The van der Waals surface area contributed by atoms with Crippen molar-refractivity contribution in [3.05, 3.63) is 64.1 Å². The topological polar surface area (TPSA) is 40.5 Å². The van der Waals surface area contributed by atoms with Crippen molar-refractivity contribution in [1.82, 2.24) is 0 Å². The van der Waals surface area contributed by atoms with Crippen LogP contribution in [0.4, 0.5) is 5.69 Å². The van der Waals surface area contributed by atoms with Crippen LogP contribution in [-0.4, -0.2) is 18.1 Å². The molecule has 2 aromatic rings. The molecule has 0 aliphatic carbocycles. The molecule has 104 valence electrons. The quantitative estimate of drug-likeness (QED) is 0.748. The lowest BCUT2D eigenvalue weighted by Gasteiger charge is -2.14. The van der Waals surface area contributed by atoms with Crippen LogP contribution in [0.2, 0.25) is 0 Å². The first-order valence-corrected chi connectivity index (χ1v) is 7.20. The number of carbonyl (C=O) groups is 1. The van der Waals surface area contributed by atoms with Crippen molar-refractivity contribution >= 4 is 27.5 Å². The third kappa shape index (κ3) is 2.25. The predicted molar refractivity (Wildman–Crippen MR) is 84.8 cm³/mol. The molecule has 0 saturated heterocycles. The van der Waals surface area contributed by atoms with Crippen molar-refractivity contribution in [1.29, 1.82) is 0 Å². The van der Waals surface area contributed by atoms with E-state index >= 15 is 0 Å². The van der Waals surface area contributed by atoms with Gasteiger partial charge in [0.2, 0.25) is 5.60 Å². The van der Waals surface area contributed by atoms with Crippen molar-refractivity contribution in [2.24, 2.45) is 0 Å². The summed E-state index contributed by atoms with van der Waals surface area (Å²) >= 11 is 3.35. The van der Waals surface area contributed by atoms with Gasteiger partial charge in [0.1, 0.15) is 0 Å². The normalized spacial score (nSPS) is 20.0. The van der Waals surface area contributed by atoms with Gasteiger partial charge in [-0.2, -0.15) is 0 Å². The van der Waals surface area contributed by atoms with E-state index in [1.807, 2.05) is 30.3 Å². The number of carbonyl (C=O) groups excluding carboxylic acids is 1. The van der Waals surface area contributed by atoms with E-state index in [2.05, 4.69) is 27.8 Å². The highest BCUT2D eigenvalue weighted by Crippen LogP contribution is 2.38. The molecular weight excluding hydrogens is 330 g/mol. The Bertz CT molecular complexity index is 773. The third-order valence-corrected chi connectivity index (χ3v) is 4.03. The molecule has 21 heavy (non-hydrogen) atoms. The fraction of sp³-hybridized carbons (Fsp3) is 0.118. The highest BCUT2D eigenvalue weighted by molar-refractivity contribution is 9.10. The Morgan fingerprint density at radius 1 is 1.14 bits per heavy atom.